The van der Waals surface area contributed by atoms with Gasteiger partial charge in [-0.2, -0.15) is 0 Å². The van der Waals surface area contributed by atoms with Crippen molar-refractivity contribution in [2.45, 2.75) is 45.7 Å². The van der Waals surface area contributed by atoms with Gasteiger partial charge in [-0.3, -0.25) is 4.98 Å². The molecule has 0 spiro atoms. The van der Waals surface area contributed by atoms with Gasteiger partial charge in [0.15, 0.2) is 0 Å². The van der Waals surface area contributed by atoms with Crippen molar-refractivity contribution in [3.63, 3.8) is 0 Å². The fourth-order valence-electron chi connectivity index (χ4n) is 2.40. The van der Waals surface area contributed by atoms with E-state index in [4.69, 9.17) is 5.73 Å². The number of pyridine rings is 1. The molecule has 1 aromatic rings. The van der Waals surface area contributed by atoms with E-state index in [-0.39, 0.29) is 0 Å². The van der Waals surface area contributed by atoms with Gasteiger partial charge in [0.05, 0.1) is 17.6 Å². The predicted molar refractivity (Wildman–Crippen MR) is 66.9 cm³/mol. The van der Waals surface area contributed by atoms with E-state index in [2.05, 4.69) is 24.1 Å². The van der Waals surface area contributed by atoms with Crippen molar-refractivity contribution < 1.29 is 0 Å². The van der Waals surface area contributed by atoms with Crippen LogP contribution in [0.1, 0.15) is 38.8 Å². The SMILES string of the molecule is CC1(C)CCC(NCc2ccc(N)cn2)C1. The van der Waals surface area contributed by atoms with Crippen LogP contribution < -0.4 is 11.1 Å². The molecule has 3 heteroatoms. The fourth-order valence-corrected chi connectivity index (χ4v) is 2.40. The highest BCUT2D eigenvalue weighted by atomic mass is 14.9. The summed E-state index contributed by atoms with van der Waals surface area (Å²) in [5.41, 5.74) is 7.90. The second-order valence-corrected chi connectivity index (χ2v) is 5.57. The molecule has 88 valence electrons. The summed E-state index contributed by atoms with van der Waals surface area (Å²) in [6.45, 7) is 5.54. The number of hydrogen-bond acceptors (Lipinski definition) is 3. The number of nitrogens with two attached hydrogens (primary N) is 1. The highest BCUT2D eigenvalue weighted by Crippen LogP contribution is 2.36. The van der Waals surface area contributed by atoms with E-state index >= 15 is 0 Å². The van der Waals surface area contributed by atoms with Gasteiger partial charge in [0.1, 0.15) is 0 Å². The van der Waals surface area contributed by atoms with Crippen molar-refractivity contribution in [2.75, 3.05) is 5.73 Å². The molecule has 0 bridgehead atoms. The molecule has 16 heavy (non-hydrogen) atoms. The minimum Gasteiger partial charge on any atom is -0.397 e. The maximum Gasteiger partial charge on any atom is 0.0543 e. The van der Waals surface area contributed by atoms with Crippen molar-refractivity contribution in [2.24, 2.45) is 5.41 Å². The van der Waals surface area contributed by atoms with E-state index in [1.54, 1.807) is 6.20 Å². The Morgan fingerprint density at radius 2 is 2.31 bits per heavy atom. The number of nitrogen functional groups attached to an aromatic ring is 1. The minimum atomic E-state index is 0.506. The van der Waals surface area contributed by atoms with E-state index in [1.807, 2.05) is 12.1 Å². The molecule has 1 heterocycles. The molecule has 1 unspecified atom stereocenters. The summed E-state index contributed by atoms with van der Waals surface area (Å²) in [5, 5.41) is 3.57. The molecule has 1 fully saturated rings. The smallest absolute Gasteiger partial charge is 0.0543 e. The Kier molecular flexibility index (Phi) is 3.15. The number of rotatable bonds is 3. The Hall–Kier alpha value is -1.09. The Morgan fingerprint density at radius 1 is 1.50 bits per heavy atom. The quantitative estimate of drug-likeness (QED) is 0.820. The summed E-state index contributed by atoms with van der Waals surface area (Å²) in [4.78, 5) is 4.29. The molecule has 1 aromatic heterocycles. The van der Waals surface area contributed by atoms with Crippen LogP contribution >= 0.6 is 0 Å². The van der Waals surface area contributed by atoms with Crippen molar-refractivity contribution in [1.82, 2.24) is 10.3 Å². The highest BCUT2D eigenvalue weighted by Gasteiger charge is 2.30. The molecule has 3 N–H and O–H groups in total. The summed E-state index contributed by atoms with van der Waals surface area (Å²) < 4.78 is 0. The molecule has 0 aliphatic heterocycles. The second kappa shape index (κ2) is 4.42. The van der Waals surface area contributed by atoms with Gasteiger partial charge in [-0.05, 0) is 36.8 Å². The average molecular weight is 219 g/mol. The van der Waals surface area contributed by atoms with Gasteiger partial charge in [-0.1, -0.05) is 13.8 Å². The van der Waals surface area contributed by atoms with Crippen molar-refractivity contribution >= 4 is 5.69 Å². The lowest BCUT2D eigenvalue weighted by Gasteiger charge is -2.17. The molecular weight excluding hydrogens is 198 g/mol. The summed E-state index contributed by atoms with van der Waals surface area (Å²) in [5.74, 6) is 0. The van der Waals surface area contributed by atoms with Crippen LogP contribution in [-0.2, 0) is 6.54 Å². The summed E-state index contributed by atoms with van der Waals surface area (Å²) in [6, 6.07) is 4.54. The van der Waals surface area contributed by atoms with Crippen LogP contribution in [0.25, 0.3) is 0 Å². The molecule has 0 radical (unpaired) electrons. The van der Waals surface area contributed by atoms with Crippen LogP contribution in [0.2, 0.25) is 0 Å². The van der Waals surface area contributed by atoms with Crippen LogP contribution in [0.4, 0.5) is 5.69 Å². The fraction of sp³-hybridized carbons (Fsp3) is 0.615. The zero-order valence-electron chi connectivity index (χ0n) is 10.2. The Morgan fingerprint density at radius 3 is 2.88 bits per heavy atom. The monoisotopic (exact) mass is 219 g/mol. The van der Waals surface area contributed by atoms with Gasteiger partial charge < -0.3 is 11.1 Å². The first-order valence-electron chi connectivity index (χ1n) is 5.99. The summed E-state index contributed by atoms with van der Waals surface area (Å²) in [6.07, 6.45) is 5.58. The molecule has 2 rings (SSSR count). The highest BCUT2D eigenvalue weighted by molar-refractivity contribution is 5.34. The van der Waals surface area contributed by atoms with Gasteiger partial charge in [0, 0.05) is 12.6 Å². The number of anilines is 1. The first kappa shape index (κ1) is 11.4. The largest absolute Gasteiger partial charge is 0.397 e. The van der Waals surface area contributed by atoms with Crippen molar-refractivity contribution in [3.8, 4) is 0 Å². The number of nitrogens with zero attached hydrogens (tertiary/aromatic N) is 1. The molecule has 0 saturated heterocycles. The molecule has 1 aliphatic carbocycles. The minimum absolute atomic E-state index is 0.506. The Balaban J connectivity index is 1.82. The molecule has 1 aliphatic rings. The first-order chi connectivity index (χ1) is 7.55. The first-order valence-corrected chi connectivity index (χ1v) is 5.99. The van der Waals surface area contributed by atoms with E-state index in [0.717, 1.165) is 17.9 Å². The van der Waals surface area contributed by atoms with E-state index in [1.165, 1.54) is 19.3 Å². The lowest BCUT2D eigenvalue weighted by atomic mass is 9.92. The predicted octanol–water partition coefficient (Wildman–Crippen LogP) is 2.33. The normalized spacial score (nSPS) is 23.5. The molecule has 0 amide bonds. The zero-order valence-corrected chi connectivity index (χ0v) is 10.2. The van der Waals surface area contributed by atoms with E-state index in [0.29, 0.717) is 11.5 Å². The van der Waals surface area contributed by atoms with Gasteiger partial charge in [0.25, 0.3) is 0 Å². The Labute approximate surface area is 97.5 Å². The number of nitrogens with one attached hydrogen (secondary N) is 1. The van der Waals surface area contributed by atoms with Gasteiger partial charge in [-0.15, -0.1) is 0 Å². The lowest BCUT2D eigenvalue weighted by molar-refractivity contribution is 0.364. The van der Waals surface area contributed by atoms with Crippen LogP contribution in [0.5, 0.6) is 0 Å². The van der Waals surface area contributed by atoms with Crippen LogP contribution in [-0.4, -0.2) is 11.0 Å². The van der Waals surface area contributed by atoms with E-state index in [9.17, 15) is 0 Å². The Bertz CT molecular complexity index is 343. The molecule has 1 saturated carbocycles. The van der Waals surface area contributed by atoms with Gasteiger partial charge in [0.2, 0.25) is 0 Å². The van der Waals surface area contributed by atoms with Gasteiger partial charge >= 0.3 is 0 Å². The third-order valence-electron chi connectivity index (χ3n) is 3.39. The standard InChI is InChI=1S/C13H21N3/c1-13(2)6-5-11(7-13)16-9-12-4-3-10(14)8-15-12/h3-4,8,11,16H,5-7,9,14H2,1-2H3. The summed E-state index contributed by atoms with van der Waals surface area (Å²) >= 11 is 0. The number of aromatic nitrogens is 1. The third-order valence-corrected chi connectivity index (χ3v) is 3.39. The topological polar surface area (TPSA) is 50.9 Å². The third kappa shape index (κ3) is 2.95. The second-order valence-electron chi connectivity index (χ2n) is 5.57. The van der Waals surface area contributed by atoms with Crippen molar-refractivity contribution in [3.05, 3.63) is 24.0 Å². The van der Waals surface area contributed by atoms with Gasteiger partial charge in [-0.25, -0.2) is 0 Å². The zero-order chi connectivity index (χ0) is 11.6. The maximum atomic E-state index is 5.60. The molecule has 0 aromatic carbocycles. The van der Waals surface area contributed by atoms with Crippen LogP contribution in [0.3, 0.4) is 0 Å². The number of hydrogen-bond donors (Lipinski definition) is 2. The van der Waals surface area contributed by atoms with Crippen LogP contribution in [0, 0.1) is 5.41 Å². The molecular formula is C13H21N3. The summed E-state index contributed by atoms with van der Waals surface area (Å²) in [7, 11) is 0. The maximum absolute atomic E-state index is 5.60. The van der Waals surface area contributed by atoms with E-state index < -0.39 is 0 Å². The molecule has 1 atom stereocenters. The van der Waals surface area contributed by atoms with Crippen LogP contribution in [0.15, 0.2) is 18.3 Å². The van der Waals surface area contributed by atoms with Crippen molar-refractivity contribution in [1.29, 1.82) is 0 Å². The lowest BCUT2D eigenvalue weighted by Crippen LogP contribution is -2.27. The average Bonchev–Trinajstić information content (AvgIpc) is 2.58. The molecule has 3 nitrogen and oxygen atoms in total.